The minimum atomic E-state index is 0.778. The summed E-state index contributed by atoms with van der Waals surface area (Å²) in [5, 5.41) is 4.23. The molecule has 15 heavy (non-hydrogen) atoms. The zero-order valence-electron chi connectivity index (χ0n) is 8.91. The van der Waals surface area contributed by atoms with Crippen molar-refractivity contribution in [2.75, 3.05) is 23.3 Å². The van der Waals surface area contributed by atoms with Crippen LogP contribution in [0.4, 0.5) is 11.4 Å². The van der Waals surface area contributed by atoms with Crippen molar-refractivity contribution in [1.29, 1.82) is 0 Å². The predicted octanol–water partition coefficient (Wildman–Crippen LogP) is 2.97. The number of nitrogen functional groups attached to an aromatic ring is 1. The van der Waals surface area contributed by atoms with Crippen LogP contribution in [-0.4, -0.2) is 17.5 Å². The van der Waals surface area contributed by atoms with E-state index in [0.29, 0.717) is 0 Å². The minimum Gasteiger partial charge on any atom is -0.399 e. The second-order valence-electron chi connectivity index (χ2n) is 3.99. The van der Waals surface area contributed by atoms with Gasteiger partial charge in [0.1, 0.15) is 0 Å². The van der Waals surface area contributed by atoms with Crippen molar-refractivity contribution < 1.29 is 0 Å². The zero-order chi connectivity index (χ0) is 10.5. The Morgan fingerprint density at radius 2 is 2.33 bits per heavy atom. The first kappa shape index (κ1) is 10.7. The summed E-state index contributed by atoms with van der Waals surface area (Å²) in [6.45, 7) is 1.06. The van der Waals surface area contributed by atoms with Gasteiger partial charge in [-0.05, 0) is 36.8 Å². The van der Waals surface area contributed by atoms with Gasteiger partial charge in [0.05, 0.1) is 0 Å². The van der Waals surface area contributed by atoms with Gasteiger partial charge in [-0.15, -0.1) is 0 Å². The van der Waals surface area contributed by atoms with E-state index in [4.69, 9.17) is 5.73 Å². The Morgan fingerprint density at radius 3 is 3.07 bits per heavy atom. The van der Waals surface area contributed by atoms with Gasteiger partial charge in [-0.1, -0.05) is 12.5 Å². The number of thioether (sulfide) groups is 1. The monoisotopic (exact) mass is 222 g/mol. The lowest BCUT2D eigenvalue weighted by Gasteiger charge is -2.21. The van der Waals surface area contributed by atoms with Gasteiger partial charge in [0.15, 0.2) is 0 Å². The Morgan fingerprint density at radius 1 is 1.40 bits per heavy atom. The molecule has 1 fully saturated rings. The van der Waals surface area contributed by atoms with Crippen molar-refractivity contribution in [3.8, 4) is 0 Å². The first-order valence-electron chi connectivity index (χ1n) is 5.55. The molecule has 1 saturated heterocycles. The highest BCUT2D eigenvalue weighted by atomic mass is 32.2. The molecule has 1 aromatic rings. The summed E-state index contributed by atoms with van der Waals surface area (Å²) in [5.41, 5.74) is 7.69. The molecule has 0 amide bonds. The van der Waals surface area contributed by atoms with Crippen molar-refractivity contribution in [3.05, 3.63) is 24.3 Å². The third-order valence-corrected chi connectivity index (χ3v) is 4.09. The number of nitrogens with one attached hydrogen (secondary N) is 1. The van der Waals surface area contributed by atoms with Gasteiger partial charge in [-0.25, -0.2) is 0 Å². The molecule has 0 aliphatic carbocycles. The van der Waals surface area contributed by atoms with Crippen molar-refractivity contribution >= 4 is 23.1 Å². The summed E-state index contributed by atoms with van der Waals surface area (Å²) in [6.07, 6.45) is 4.12. The normalized spacial score (nSPS) is 21.2. The molecule has 2 nitrogen and oxygen atoms in total. The quantitative estimate of drug-likeness (QED) is 0.772. The van der Waals surface area contributed by atoms with Gasteiger partial charge in [-0.3, -0.25) is 0 Å². The first-order valence-corrected chi connectivity index (χ1v) is 6.60. The molecule has 1 atom stereocenters. The molecule has 2 rings (SSSR count). The largest absolute Gasteiger partial charge is 0.399 e. The van der Waals surface area contributed by atoms with Crippen LogP contribution in [0.2, 0.25) is 0 Å². The Kier molecular flexibility index (Phi) is 3.78. The maximum absolute atomic E-state index is 5.72. The molecule has 1 aliphatic heterocycles. The van der Waals surface area contributed by atoms with Gasteiger partial charge < -0.3 is 11.1 Å². The van der Waals surface area contributed by atoms with E-state index in [1.54, 1.807) is 0 Å². The molecule has 0 aromatic heterocycles. The van der Waals surface area contributed by atoms with E-state index >= 15 is 0 Å². The average Bonchev–Trinajstić information content (AvgIpc) is 2.28. The molecular weight excluding hydrogens is 204 g/mol. The van der Waals surface area contributed by atoms with Crippen LogP contribution >= 0.6 is 11.8 Å². The van der Waals surface area contributed by atoms with Crippen molar-refractivity contribution in [2.45, 2.75) is 24.5 Å². The standard InChI is InChI=1S/C12H18N2S/c13-10-4-3-5-11(8-10)14-9-12-6-1-2-7-15-12/h3-5,8,12,14H,1-2,6-7,9,13H2. The maximum Gasteiger partial charge on any atom is 0.0361 e. The Hall–Kier alpha value is -0.830. The van der Waals surface area contributed by atoms with Crippen molar-refractivity contribution in [3.63, 3.8) is 0 Å². The third kappa shape index (κ3) is 3.34. The smallest absolute Gasteiger partial charge is 0.0361 e. The molecule has 0 saturated carbocycles. The Labute approximate surface area is 95.6 Å². The number of benzene rings is 1. The number of rotatable bonds is 3. The summed E-state index contributed by atoms with van der Waals surface area (Å²) in [7, 11) is 0. The number of nitrogens with two attached hydrogens (primary N) is 1. The molecule has 3 heteroatoms. The van der Waals surface area contributed by atoms with E-state index < -0.39 is 0 Å². The fourth-order valence-corrected chi connectivity index (χ4v) is 3.09. The molecular formula is C12H18N2S. The molecule has 1 unspecified atom stereocenters. The SMILES string of the molecule is Nc1cccc(NCC2CCCCS2)c1. The summed E-state index contributed by atoms with van der Waals surface area (Å²) in [5.74, 6) is 1.32. The molecule has 1 aliphatic rings. The molecule has 0 bridgehead atoms. The van der Waals surface area contributed by atoms with Crippen LogP contribution in [-0.2, 0) is 0 Å². The van der Waals surface area contributed by atoms with E-state index in [1.807, 2.05) is 18.2 Å². The third-order valence-electron chi connectivity index (χ3n) is 2.69. The lowest BCUT2D eigenvalue weighted by atomic mass is 10.2. The van der Waals surface area contributed by atoms with Crippen LogP contribution in [0.3, 0.4) is 0 Å². The highest BCUT2D eigenvalue weighted by Crippen LogP contribution is 2.25. The van der Waals surface area contributed by atoms with E-state index in [9.17, 15) is 0 Å². The van der Waals surface area contributed by atoms with Gasteiger partial charge in [0.25, 0.3) is 0 Å². The summed E-state index contributed by atoms with van der Waals surface area (Å²) >= 11 is 2.09. The number of hydrogen-bond donors (Lipinski definition) is 2. The van der Waals surface area contributed by atoms with Crippen LogP contribution in [0.5, 0.6) is 0 Å². The highest BCUT2D eigenvalue weighted by Gasteiger charge is 2.13. The highest BCUT2D eigenvalue weighted by molar-refractivity contribution is 7.99. The predicted molar refractivity (Wildman–Crippen MR) is 69.4 cm³/mol. The molecule has 1 aromatic carbocycles. The summed E-state index contributed by atoms with van der Waals surface area (Å²) in [6, 6.07) is 7.98. The fraction of sp³-hybridized carbons (Fsp3) is 0.500. The van der Waals surface area contributed by atoms with Crippen LogP contribution < -0.4 is 11.1 Å². The van der Waals surface area contributed by atoms with Crippen LogP contribution in [0.25, 0.3) is 0 Å². The zero-order valence-corrected chi connectivity index (χ0v) is 9.72. The van der Waals surface area contributed by atoms with Gasteiger partial charge in [0.2, 0.25) is 0 Å². The Balaban J connectivity index is 1.81. The lowest BCUT2D eigenvalue weighted by Crippen LogP contribution is -2.19. The van der Waals surface area contributed by atoms with E-state index in [-0.39, 0.29) is 0 Å². The maximum atomic E-state index is 5.72. The lowest BCUT2D eigenvalue weighted by molar-refractivity contribution is 0.677. The number of hydrogen-bond acceptors (Lipinski definition) is 3. The molecule has 3 N–H and O–H groups in total. The molecule has 82 valence electrons. The van der Waals surface area contributed by atoms with E-state index in [2.05, 4.69) is 23.1 Å². The molecule has 1 heterocycles. The van der Waals surface area contributed by atoms with Crippen molar-refractivity contribution in [1.82, 2.24) is 0 Å². The van der Waals surface area contributed by atoms with Gasteiger partial charge in [0, 0.05) is 23.2 Å². The molecule has 0 radical (unpaired) electrons. The van der Waals surface area contributed by atoms with Gasteiger partial charge in [-0.2, -0.15) is 11.8 Å². The second kappa shape index (κ2) is 5.31. The summed E-state index contributed by atoms with van der Waals surface area (Å²) < 4.78 is 0. The fourth-order valence-electron chi connectivity index (χ4n) is 1.85. The van der Waals surface area contributed by atoms with E-state index in [0.717, 1.165) is 23.2 Å². The van der Waals surface area contributed by atoms with Crippen LogP contribution in [0, 0.1) is 0 Å². The average molecular weight is 222 g/mol. The second-order valence-corrected chi connectivity index (χ2v) is 5.40. The topological polar surface area (TPSA) is 38.0 Å². The molecule has 0 spiro atoms. The van der Waals surface area contributed by atoms with Crippen LogP contribution in [0.15, 0.2) is 24.3 Å². The summed E-state index contributed by atoms with van der Waals surface area (Å²) in [4.78, 5) is 0. The number of anilines is 2. The van der Waals surface area contributed by atoms with Crippen molar-refractivity contribution in [2.24, 2.45) is 0 Å². The Bertz CT molecular complexity index is 308. The minimum absolute atomic E-state index is 0.778. The first-order chi connectivity index (χ1) is 7.34. The van der Waals surface area contributed by atoms with E-state index in [1.165, 1.54) is 25.0 Å². The van der Waals surface area contributed by atoms with Gasteiger partial charge >= 0.3 is 0 Å². The van der Waals surface area contributed by atoms with Crippen LogP contribution in [0.1, 0.15) is 19.3 Å².